The molecule has 2 amide bonds. The summed E-state index contributed by atoms with van der Waals surface area (Å²) in [4.78, 5) is 52.6. The summed E-state index contributed by atoms with van der Waals surface area (Å²) < 4.78 is 12.1. The maximum Gasteiger partial charge on any atom is 0.340 e. The number of aromatic hydroxyl groups is 2. The van der Waals surface area contributed by atoms with E-state index in [-0.39, 0.29) is 81.8 Å². The number of aliphatic hydroxyl groups excluding tert-OH is 1. The van der Waals surface area contributed by atoms with Crippen LogP contribution in [0.2, 0.25) is 0 Å². The van der Waals surface area contributed by atoms with Crippen LogP contribution in [0.4, 0.5) is 0 Å². The first-order chi connectivity index (χ1) is 27.3. The number of aliphatic hydroxyl groups is 1. The number of esters is 1. The van der Waals surface area contributed by atoms with E-state index in [1.807, 2.05) is 6.08 Å². The van der Waals surface area contributed by atoms with E-state index in [1.54, 1.807) is 24.3 Å². The van der Waals surface area contributed by atoms with Crippen LogP contribution < -0.4 is 15.4 Å². The number of nitrogens with one attached hydrogen (secondary N) is 2. The molecule has 5 N–H and O–H groups in total. The number of rotatable bonds is 8. The highest BCUT2D eigenvalue weighted by Gasteiger charge is 2.60. The maximum atomic E-state index is 13.4. The summed E-state index contributed by atoms with van der Waals surface area (Å²) in [6.07, 6.45) is 10.2. The number of hydrogen-bond donors (Lipinski definition) is 5. The summed E-state index contributed by atoms with van der Waals surface area (Å²) in [5.74, 6) is 1.27. The summed E-state index contributed by atoms with van der Waals surface area (Å²) in [5, 5.41) is 37.0. The van der Waals surface area contributed by atoms with Gasteiger partial charge in [-0.05, 0) is 128 Å². The molecule has 0 radical (unpaired) electrons. The molecule has 3 saturated carbocycles. The lowest BCUT2D eigenvalue weighted by Gasteiger charge is -2.60. The molecule has 3 fully saturated rings. The summed E-state index contributed by atoms with van der Waals surface area (Å²) in [5.41, 5.74) is 1.75. The van der Waals surface area contributed by atoms with Crippen LogP contribution in [0.1, 0.15) is 115 Å². The van der Waals surface area contributed by atoms with Crippen molar-refractivity contribution < 1.29 is 44.0 Å². The van der Waals surface area contributed by atoms with E-state index >= 15 is 0 Å². The van der Waals surface area contributed by atoms with Crippen molar-refractivity contribution in [3.05, 3.63) is 94.1 Å². The minimum Gasteiger partial charge on any atom is -0.508 e. The summed E-state index contributed by atoms with van der Waals surface area (Å²) in [6.45, 7) is 5.09. The first-order valence-corrected chi connectivity index (χ1v) is 20.5. The number of fused-ring (bicyclic) bond motifs is 11. The fraction of sp³-hybridized carbons (Fsp3) is 0.478. The second-order valence-corrected chi connectivity index (χ2v) is 17.7. The molecule has 298 valence electrons. The van der Waals surface area contributed by atoms with E-state index in [2.05, 4.69) is 24.5 Å². The highest BCUT2D eigenvalue weighted by atomic mass is 16.6. The van der Waals surface area contributed by atoms with Crippen LogP contribution in [0.5, 0.6) is 23.0 Å². The Hall–Kier alpha value is -5.16. The number of carbonyl (C=O) groups is 4. The number of ketones is 1. The zero-order valence-corrected chi connectivity index (χ0v) is 32.4. The number of benzene rings is 3. The van der Waals surface area contributed by atoms with E-state index in [0.717, 1.165) is 44.9 Å². The average Bonchev–Trinajstić information content (AvgIpc) is 3.65. The van der Waals surface area contributed by atoms with Crippen molar-refractivity contribution in [3.8, 4) is 23.0 Å². The molecule has 3 aromatic carbocycles. The third-order valence-electron chi connectivity index (χ3n) is 15.0. The molecule has 6 aliphatic rings. The molecular weight excluding hydrogens is 725 g/mol. The number of ether oxygens (including phenoxy) is 2. The molecular formula is C46H50N2O9. The first-order valence-electron chi connectivity index (χ1n) is 20.5. The predicted octanol–water partition coefficient (Wildman–Crippen LogP) is 6.80. The van der Waals surface area contributed by atoms with Gasteiger partial charge in [-0.3, -0.25) is 14.4 Å². The molecule has 1 spiro atoms. The van der Waals surface area contributed by atoms with Crippen LogP contribution in [-0.2, 0) is 19.9 Å². The van der Waals surface area contributed by atoms with Crippen LogP contribution in [0.25, 0.3) is 0 Å². The third-order valence-corrected chi connectivity index (χ3v) is 15.0. The number of carbonyl (C=O) groups excluding carboxylic acids is 4. The molecule has 57 heavy (non-hydrogen) atoms. The SMILES string of the molecule is C[C@]12CC[C@H]3[C@@H](CCC4=CC(=O)C[C@H](CCCC(=O)NCCNC(=O)c5ccc6c(c5)C(=O)OC65c6ccc(O)cc6Oc6cc(O)ccc65)[C@@]43C)[C@@H]1CC[C@@H]2O. The van der Waals surface area contributed by atoms with Crippen molar-refractivity contribution in [1.29, 1.82) is 0 Å². The normalized spacial score (nSPS) is 30.0. The van der Waals surface area contributed by atoms with Crippen molar-refractivity contribution in [3.63, 3.8) is 0 Å². The van der Waals surface area contributed by atoms with Crippen molar-refractivity contribution >= 4 is 23.6 Å². The Kier molecular flexibility index (Phi) is 9.03. The van der Waals surface area contributed by atoms with Gasteiger partial charge in [0.25, 0.3) is 5.91 Å². The number of phenolic OH excluding ortho intramolecular Hbond substituents is 2. The number of amides is 2. The number of allylic oxidation sites excluding steroid dienone is 1. The van der Waals surface area contributed by atoms with Gasteiger partial charge in [-0.25, -0.2) is 4.79 Å². The minimum absolute atomic E-state index is 0.000474. The lowest BCUT2D eigenvalue weighted by atomic mass is 9.45. The van der Waals surface area contributed by atoms with Crippen LogP contribution in [-0.4, -0.2) is 58.1 Å². The van der Waals surface area contributed by atoms with E-state index in [4.69, 9.17) is 9.47 Å². The van der Waals surface area contributed by atoms with Gasteiger partial charge < -0.3 is 35.4 Å². The molecule has 0 saturated heterocycles. The van der Waals surface area contributed by atoms with Gasteiger partial charge in [0.1, 0.15) is 23.0 Å². The van der Waals surface area contributed by atoms with Crippen LogP contribution in [0.15, 0.2) is 66.2 Å². The molecule has 11 heteroatoms. The van der Waals surface area contributed by atoms with Crippen LogP contribution in [0.3, 0.4) is 0 Å². The third kappa shape index (κ3) is 5.86. The standard InChI is InChI=1S/C46H50N2O9/c1-44-17-16-34-31(33(44)14-15-40(44)52)10-7-27-22-30(51)21-26(45(27,34)2)4-3-5-41(53)47-18-19-48-42(54)25-6-11-35-32(20-25)43(55)57-46(35)36-12-8-28(49)23-38(36)56-39-24-29(50)9-13-37(39)46/h6,8-9,11-13,20,22-24,26,31,33-34,40,49-50,52H,3-5,7,10,14-19,21H2,1-2H3,(H,47,53)(H,48,54)/t26-,31-,33-,34-,40-,44-,45-/m0/s1. The fourth-order valence-corrected chi connectivity index (χ4v) is 12.1. The summed E-state index contributed by atoms with van der Waals surface area (Å²) in [7, 11) is 0. The second kappa shape index (κ2) is 13.7. The van der Waals surface area contributed by atoms with Crippen molar-refractivity contribution in [2.45, 2.75) is 89.8 Å². The molecule has 3 aromatic rings. The van der Waals surface area contributed by atoms with Crippen LogP contribution in [0, 0.1) is 34.5 Å². The van der Waals surface area contributed by atoms with Gasteiger partial charge >= 0.3 is 5.97 Å². The summed E-state index contributed by atoms with van der Waals surface area (Å²) in [6, 6.07) is 13.8. The Morgan fingerprint density at radius 3 is 2.28 bits per heavy atom. The molecule has 7 atom stereocenters. The minimum atomic E-state index is -1.42. The highest BCUT2D eigenvalue weighted by molar-refractivity contribution is 6.01. The Labute approximate surface area is 331 Å². The largest absolute Gasteiger partial charge is 0.508 e. The Morgan fingerprint density at radius 2 is 1.54 bits per heavy atom. The van der Waals surface area contributed by atoms with Gasteiger partial charge in [-0.1, -0.05) is 25.5 Å². The molecule has 0 unspecified atom stereocenters. The molecule has 9 rings (SSSR count). The lowest BCUT2D eigenvalue weighted by Crippen LogP contribution is -2.54. The molecule has 0 bridgehead atoms. The molecule has 4 aliphatic carbocycles. The highest BCUT2D eigenvalue weighted by Crippen LogP contribution is 2.67. The quantitative estimate of drug-likeness (QED) is 0.122. The van der Waals surface area contributed by atoms with E-state index in [9.17, 15) is 34.5 Å². The van der Waals surface area contributed by atoms with E-state index < -0.39 is 17.5 Å². The predicted molar refractivity (Wildman–Crippen MR) is 209 cm³/mol. The fourth-order valence-electron chi connectivity index (χ4n) is 12.1. The van der Waals surface area contributed by atoms with Gasteiger partial charge in [0.15, 0.2) is 11.4 Å². The van der Waals surface area contributed by atoms with Gasteiger partial charge in [0.2, 0.25) is 5.91 Å². The van der Waals surface area contributed by atoms with Gasteiger partial charge in [-0.2, -0.15) is 0 Å². The van der Waals surface area contributed by atoms with Crippen LogP contribution >= 0.6 is 0 Å². The molecule has 2 heterocycles. The molecule has 11 nitrogen and oxygen atoms in total. The first kappa shape index (κ1) is 37.4. The number of hydrogen-bond acceptors (Lipinski definition) is 9. The molecule has 0 aromatic heterocycles. The maximum absolute atomic E-state index is 13.4. The zero-order chi connectivity index (χ0) is 39.9. The van der Waals surface area contributed by atoms with Gasteiger partial charge in [0, 0.05) is 60.3 Å². The zero-order valence-electron chi connectivity index (χ0n) is 32.4. The van der Waals surface area contributed by atoms with Gasteiger partial charge in [-0.15, -0.1) is 0 Å². The average molecular weight is 775 g/mol. The second-order valence-electron chi connectivity index (χ2n) is 17.7. The molecule has 2 aliphatic heterocycles. The lowest BCUT2D eigenvalue weighted by molar-refractivity contribution is -0.122. The van der Waals surface area contributed by atoms with Gasteiger partial charge in [0.05, 0.1) is 11.7 Å². The van der Waals surface area contributed by atoms with Crippen molar-refractivity contribution in [2.24, 2.45) is 34.5 Å². The topological polar surface area (TPSA) is 171 Å². The Bertz CT molecular complexity index is 2180. The Morgan fingerprint density at radius 1 is 0.842 bits per heavy atom. The van der Waals surface area contributed by atoms with Crippen molar-refractivity contribution in [1.82, 2.24) is 10.6 Å². The summed E-state index contributed by atoms with van der Waals surface area (Å²) >= 11 is 0. The monoisotopic (exact) mass is 774 g/mol. The number of phenols is 2. The van der Waals surface area contributed by atoms with E-state index in [0.29, 0.717) is 53.7 Å². The smallest absolute Gasteiger partial charge is 0.340 e. The van der Waals surface area contributed by atoms with E-state index in [1.165, 1.54) is 35.9 Å². The van der Waals surface area contributed by atoms with Crippen molar-refractivity contribution in [2.75, 3.05) is 13.1 Å². The Balaban J connectivity index is 0.807.